The highest BCUT2D eigenvalue weighted by Crippen LogP contribution is 2.23. The summed E-state index contributed by atoms with van der Waals surface area (Å²) in [4.78, 5) is 11.0. The molecule has 1 rings (SSSR count). The van der Waals surface area contributed by atoms with Gasteiger partial charge < -0.3 is 4.74 Å². The number of nitrogens with zero attached hydrogens (tertiary/aromatic N) is 2. The maximum absolute atomic E-state index is 11.0. The molecule has 0 bridgehead atoms. The number of hydrogen-bond acceptors (Lipinski definition) is 5. The zero-order valence-corrected chi connectivity index (χ0v) is 9.87. The zero-order valence-electron chi connectivity index (χ0n) is 9.06. The lowest BCUT2D eigenvalue weighted by molar-refractivity contribution is -0.140. The quantitative estimate of drug-likeness (QED) is 0.579. The van der Waals surface area contributed by atoms with Gasteiger partial charge in [0.25, 0.3) is 0 Å². The summed E-state index contributed by atoms with van der Waals surface area (Å²) >= 11 is 1.53. The van der Waals surface area contributed by atoms with Crippen LogP contribution in [0.1, 0.15) is 18.9 Å². The number of ether oxygens (including phenoxy) is 1. The van der Waals surface area contributed by atoms with Gasteiger partial charge in [-0.15, -0.1) is 16.9 Å². The highest BCUT2D eigenvalue weighted by atomic mass is 32.2. The van der Waals surface area contributed by atoms with E-state index in [2.05, 4.69) is 14.9 Å². The van der Waals surface area contributed by atoms with E-state index in [4.69, 9.17) is 0 Å². The van der Waals surface area contributed by atoms with Crippen LogP contribution in [0.2, 0.25) is 0 Å². The van der Waals surface area contributed by atoms with Crippen LogP contribution in [-0.4, -0.2) is 28.5 Å². The highest BCUT2D eigenvalue weighted by molar-refractivity contribution is 7.99. The first-order chi connectivity index (χ1) is 7.11. The number of aryl methyl sites for hydroxylation is 1. The molecule has 5 heteroatoms. The molecule has 1 unspecified atom stereocenters. The van der Waals surface area contributed by atoms with E-state index in [0.29, 0.717) is 6.42 Å². The van der Waals surface area contributed by atoms with Crippen molar-refractivity contribution >= 4 is 17.7 Å². The van der Waals surface area contributed by atoms with Crippen LogP contribution in [0.4, 0.5) is 0 Å². The monoisotopic (exact) mass is 226 g/mol. The Morgan fingerprint density at radius 1 is 1.67 bits per heavy atom. The van der Waals surface area contributed by atoms with Crippen molar-refractivity contribution in [1.82, 2.24) is 10.2 Å². The molecule has 0 aliphatic rings. The van der Waals surface area contributed by atoms with Crippen molar-refractivity contribution in [3.63, 3.8) is 0 Å². The summed E-state index contributed by atoms with van der Waals surface area (Å²) in [6, 6.07) is 1.95. The number of hydrogen-bond donors (Lipinski definition) is 0. The third-order valence-corrected chi connectivity index (χ3v) is 2.78. The summed E-state index contributed by atoms with van der Waals surface area (Å²) < 4.78 is 4.59. The van der Waals surface area contributed by atoms with Crippen LogP contribution >= 0.6 is 11.8 Å². The second-order valence-corrected chi connectivity index (χ2v) is 4.74. The van der Waals surface area contributed by atoms with Crippen LogP contribution < -0.4 is 0 Å². The third-order valence-electron chi connectivity index (χ3n) is 1.77. The maximum Gasteiger partial charge on any atom is 0.306 e. The molecule has 0 aromatic carbocycles. The molecule has 1 heterocycles. The summed E-state index contributed by atoms with van der Waals surface area (Å²) in [5.74, 6) is -0.199. The van der Waals surface area contributed by atoms with Gasteiger partial charge in [0.05, 0.1) is 19.7 Å². The van der Waals surface area contributed by atoms with E-state index < -0.39 is 0 Å². The lowest BCUT2D eigenvalue weighted by Crippen LogP contribution is -2.08. The summed E-state index contributed by atoms with van der Waals surface area (Å²) in [6.07, 6.45) is 2.09. The fourth-order valence-electron chi connectivity index (χ4n) is 1.06. The first-order valence-corrected chi connectivity index (χ1v) is 5.52. The number of carbonyl (C=O) groups is 1. The average Bonchev–Trinajstić information content (AvgIpc) is 2.17. The van der Waals surface area contributed by atoms with Crippen molar-refractivity contribution in [3.05, 3.63) is 17.8 Å². The Bertz CT molecular complexity index is 344. The van der Waals surface area contributed by atoms with Crippen molar-refractivity contribution in [2.75, 3.05) is 7.11 Å². The molecule has 0 amide bonds. The minimum Gasteiger partial charge on any atom is -0.469 e. The first-order valence-electron chi connectivity index (χ1n) is 4.64. The molecule has 0 saturated carbocycles. The Hall–Kier alpha value is -1.10. The Labute approximate surface area is 93.4 Å². The standard InChI is InChI=1S/C10H14N2O2S/c1-7-4-9(12-11-6-7)15-8(2)5-10(13)14-3/h4,6,8H,5H2,1-3H3. The maximum atomic E-state index is 11.0. The van der Waals surface area contributed by atoms with Gasteiger partial charge >= 0.3 is 5.97 Å². The van der Waals surface area contributed by atoms with Crippen molar-refractivity contribution < 1.29 is 9.53 Å². The van der Waals surface area contributed by atoms with Gasteiger partial charge in [-0.2, -0.15) is 5.10 Å². The van der Waals surface area contributed by atoms with E-state index >= 15 is 0 Å². The van der Waals surface area contributed by atoms with Crippen molar-refractivity contribution in [2.45, 2.75) is 30.5 Å². The summed E-state index contributed by atoms with van der Waals surface area (Å²) in [6.45, 7) is 3.93. The van der Waals surface area contributed by atoms with E-state index in [1.807, 2.05) is 19.9 Å². The Morgan fingerprint density at radius 3 is 3.00 bits per heavy atom. The van der Waals surface area contributed by atoms with Crippen molar-refractivity contribution in [1.29, 1.82) is 0 Å². The molecular formula is C10H14N2O2S. The van der Waals surface area contributed by atoms with E-state index in [1.165, 1.54) is 18.9 Å². The van der Waals surface area contributed by atoms with E-state index in [-0.39, 0.29) is 11.2 Å². The Morgan fingerprint density at radius 2 is 2.40 bits per heavy atom. The zero-order chi connectivity index (χ0) is 11.3. The topological polar surface area (TPSA) is 52.1 Å². The number of carbonyl (C=O) groups excluding carboxylic acids is 1. The number of methoxy groups -OCH3 is 1. The lowest BCUT2D eigenvalue weighted by atomic mass is 10.3. The number of esters is 1. The van der Waals surface area contributed by atoms with Gasteiger partial charge in [-0.1, -0.05) is 6.92 Å². The van der Waals surface area contributed by atoms with Crippen LogP contribution in [0.5, 0.6) is 0 Å². The van der Waals surface area contributed by atoms with Crippen LogP contribution in [0, 0.1) is 6.92 Å². The SMILES string of the molecule is COC(=O)CC(C)Sc1cc(C)cnn1. The molecule has 0 spiro atoms. The predicted molar refractivity (Wildman–Crippen MR) is 58.7 cm³/mol. The van der Waals surface area contributed by atoms with Gasteiger partial charge in [0.2, 0.25) is 0 Å². The van der Waals surface area contributed by atoms with Gasteiger partial charge in [-0.25, -0.2) is 0 Å². The summed E-state index contributed by atoms with van der Waals surface area (Å²) in [7, 11) is 1.40. The minimum absolute atomic E-state index is 0.147. The van der Waals surface area contributed by atoms with Gasteiger partial charge in [-0.05, 0) is 18.6 Å². The molecule has 1 aromatic rings. The molecular weight excluding hydrogens is 212 g/mol. The second-order valence-electron chi connectivity index (χ2n) is 3.28. The van der Waals surface area contributed by atoms with E-state index in [1.54, 1.807) is 6.20 Å². The van der Waals surface area contributed by atoms with Crippen molar-refractivity contribution in [2.24, 2.45) is 0 Å². The van der Waals surface area contributed by atoms with Crippen LogP contribution in [-0.2, 0) is 9.53 Å². The molecule has 0 radical (unpaired) electrons. The summed E-state index contributed by atoms with van der Waals surface area (Å²) in [5.41, 5.74) is 1.07. The van der Waals surface area contributed by atoms with Crippen LogP contribution in [0.3, 0.4) is 0 Å². The van der Waals surface area contributed by atoms with Gasteiger partial charge in [-0.3, -0.25) is 4.79 Å². The molecule has 0 fully saturated rings. The Balaban J connectivity index is 2.51. The largest absolute Gasteiger partial charge is 0.469 e. The average molecular weight is 226 g/mol. The number of aromatic nitrogens is 2. The smallest absolute Gasteiger partial charge is 0.306 e. The van der Waals surface area contributed by atoms with Crippen LogP contribution in [0.25, 0.3) is 0 Å². The lowest BCUT2D eigenvalue weighted by Gasteiger charge is -2.08. The molecule has 0 aliphatic heterocycles. The number of thioether (sulfide) groups is 1. The normalized spacial score (nSPS) is 12.2. The molecule has 0 aliphatic carbocycles. The molecule has 4 nitrogen and oxygen atoms in total. The molecule has 1 aromatic heterocycles. The molecule has 0 N–H and O–H groups in total. The summed E-state index contributed by atoms with van der Waals surface area (Å²) in [5, 5.41) is 8.81. The van der Waals surface area contributed by atoms with Gasteiger partial charge in [0, 0.05) is 5.25 Å². The fraction of sp³-hybridized carbons (Fsp3) is 0.500. The molecule has 15 heavy (non-hydrogen) atoms. The minimum atomic E-state index is -0.199. The molecule has 1 atom stereocenters. The molecule has 82 valence electrons. The van der Waals surface area contributed by atoms with Crippen molar-refractivity contribution in [3.8, 4) is 0 Å². The third kappa shape index (κ3) is 4.29. The molecule has 0 saturated heterocycles. The number of rotatable bonds is 4. The Kier molecular flexibility index (Phi) is 4.55. The fourth-order valence-corrected chi connectivity index (χ4v) is 2.04. The van der Waals surface area contributed by atoms with E-state index in [9.17, 15) is 4.79 Å². The second kappa shape index (κ2) is 5.70. The predicted octanol–water partition coefficient (Wildman–Crippen LogP) is 1.83. The van der Waals surface area contributed by atoms with Gasteiger partial charge in [0.15, 0.2) is 0 Å². The first kappa shape index (κ1) is 12.0. The highest BCUT2D eigenvalue weighted by Gasteiger charge is 2.11. The van der Waals surface area contributed by atoms with Gasteiger partial charge in [0.1, 0.15) is 5.03 Å². The van der Waals surface area contributed by atoms with E-state index in [0.717, 1.165) is 10.6 Å². The van der Waals surface area contributed by atoms with Crippen LogP contribution in [0.15, 0.2) is 17.3 Å².